The molecule has 0 aromatic heterocycles. The van der Waals surface area contributed by atoms with Crippen molar-refractivity contribution in [3.8, 4) is 0 Å². The molecule has 2 rings (SSSR count). The minimum atomic E-state index is 0.785. The summed E-state index contributed by atoms with van der Waals surface area (Å²) in [6.45, 7) is 5.44. The van der Waals surface area contributed by atoms with Crippen LogP contribution in [-0.2, 0) is 0 Å². The van der Waals surface area contributed by atoms with Crippen molar-refractivity contribution >= 4 is 5.96 Å². The fourth-order valence-corrected chi connectivity index (χ4v) is 3.21. The Balaban J connectivity index is 1.62. The first-order valence-electron chi connectivity index (χ1n) is 7.80. The van der Waals surface area contributed by atoms with Crippen molar-refractivity contribution in [2.75, 3.05) is 19.6 Å². The number of likely N-dealkylation sites (tertiary alicyclic amines) is 1. The van der Waals surface area contributed by atoms with Gasteiger partial charge in [0.15, 0.2) is 5.96 Å². The summed E-state index contributed by atoms with van der Waals surface area (Å²) in [6.07, 6.45) is 10.9. The van der Waals surface area contributed by atoms with Crippen LogP contribution in [0, 0.1) is 11.8 Å². The van der Waals surface area contributed by atoms with Crippen molar-refractivity contribution in [3.63, 3.8) is 0 Å². The van der Waals surface area contributed by atoms with Crippen molar-refractivity contribution in [1.82, 2.24) is 4.90 Å². The lowest BCUT2D eigenvalue weighted by molar-refractivity contribution is 0.277. The zero-order valence-electron chi connectivity index (χ0n) is 11.9. The zero-order valence-corrected chi connectivity index (χ0v) is 11.9. The first-order valence-corrected chi connectivity index (χ1v) is 7.80. The summed E-state index contributed by atoms with van der Waals surface area (Å²) >= 11 is 0. The third kappa shape index (κ3) is 4.18. The minimum absolute atomic E-state index is 0.785. The molecule has 2 N–H and O–H groups in total. The molecular formula is C15H29N3. The van der Waals surface area contributed by atoms with E-state index in [0.29, 0.717) is 0 Å². The van der Waals surface area contributed by atoms with E-state index in [1.54, 1.807) is 0 Å². The summed E-state index contributed by atoms with van der Waals surface area (Å²) in [6, 6.07) is 0. The van der Waals surface area contributed by atoms with Gasteiger partial charge in [-0.3, -0.25) is 4.99 Å². The second-order valence-corrected chi connectivity index (χ2v) is 6.20. The Kier molecular flexibility index (Phi) is 5.33. The van der Waals surface area contributed by atoms with Gasteiger partial charge < -0.3 is 10.6 Å². The van der Waals surface area contributed by atoms with Gasteiger partial charge in [-0.15, -0.1) is 0 Å². The molecule has 1 aliphatic heterocycles. The van der Waals surface area contributed by atoms with Gasteiger partial charge in [0, 0.05) is 19.6 Å². The minimum Gasteiger partial charge on any atom is -0.370 e. The maximum absolute atomic E-state index is 6.06. The molecule has 2 fully saturated rings. The van der Waals surface area contributed by atoms with Crippen LogP contribution in [0.2, 0.25) is 0 Å². The average molecular weight is 251 g/mol. The molecule has 0 amide bonds. The van der Waals surface area contributed by atoms with Crippen molar-refractivity contribution < 1.29 is 0 Å². The average Bonchev–Trinajstić information content (AvgIpc) is 2.88. The van der Waals surface area contributed by atoms with Gasteiger partial charge in [-0.05, 0) is 37.5 Å². The van der Waals surface area contributed by atoms with E-state index < -0.39 is 0 Å². The summed E-state index contributed by atoms with van der Waals surface area (Å²) in [4.78, 5) is 6.81. The van der Waals surface area contributed by atoms with Gasteiger partial charge in [0.1, 0.15) is 0 Å². The summed E-state index contributed by atoms with van der Waals surface area (Å²) in [7, 11) is 0. The molecule has 1 heterocycles. The van der Waals surface area contributed by atoms with Crippen LogP contribution in [0.1, 0.15) is 58.3 Å². The molecule has 0 aromatic carbocycles. The summed E-state index contributed by atoms with van der Waals surface area (Å²) in [5.41, 5.74) is 6.06. The van der Waals surface area contributed by atoms with Gasteiger partial charge >= 0.3 is 0 Å². The molecule has 1 saturated carbocycles. The summed E-state index contributed by atoms with van der Waals surface area (Å²) in [5, 5.41) is 0. The zero-order chi connectivity index (χ0) is 12.8. The molecule has 0 aromatic rings. The van der Waals surface area contributed by atoms with Crippen LogP contribution in [-0.4, -0.2) is 30.5 Å². The standard InChI is InChI=1S/C15H29N3/c1-13-8-11-18(12-9-13)15(16)17-10-4-7-14-5-2-3-6-14/h13-14H,2-12H2,1H3,(H2,16,17). The normalized spacial score (nSPS) is 23.8. The largest absolute Gasteiger partial charge is 0.370 e. The monoisotopic (exact) mass is 251 g/mol. The second-order valence-electron chi connectivity index (χ2n) is 6.20. The fourth-order valence-electron chi connectivity index (χ4n) is 3.21. The molecule has 104 valence electrons. The van der Waals surface area contributed by atoms with Crippen molar-refractivity contribution in [1.29, 1.82) is 0 Å². The molecule has 0 unspecified atom stereocenters. The van der Waals surface area contributed by atoms with Crippen molar-refractivity contribution in [3.05, 3.63) is 0 Å². The molecule has 1 aliphatic carbocycles. The number of piperidine rings is 1. The number of guanidine groups is 1. The summed E-state index contributed by atoms with van der Waals surface area (Å²) in [5.74, 6) is 2.63. The molecule has 1 saturated heterocycles. The number of nitrogens with zero attached hydrogens (tertiary/aromatic N) is 2. The Morgan fingerprint density at radius 2 is 1.83 bits per heavy atom. The number of rotatable bonds is 4. The third-order valence-electron chi connectivity index (χ3n) is 4.63. The molecule has 0 atom stereocenters. The topological polar surface area (TPSA) is 41.6 Å². The molecule has 3 heteroatoms. The first-order chi connectivity index (χ1) is 8.75. The van der Waals surface area contributed by atoms with Crippen molar-refractivity contribution in [2.24, 2.45) is 22.6 Å². The highest BCUT2D eigenvalue weighted by Gasteiger charge is 2.17. The Labute approximate surface area is 112 Å². The van der Waals surface area contributed by atoms with Crippen LogP contribution in [0.4, 0.5) is 0 Å². The van der Waals surface area contributed by atoms with E-state index in [2.05, 4.69) is 16.8 Å². The predicted molar refractivity (Wildman–Crippen MR) is 77.7 cm³/mol. The Hall–Kier alpha value is -0.730. The van der Waals surface area contributed by atoms with Crippen LogP contribution in [0.5, 0.6) is 0 Å². The van der Waals surface area contributed by atoms with Crippen LogP contribution in [0.3, 0.4) is 0 Å². The van der Waals surface area contributed by atoms with E-state index in [9.17, 15) is 0 Å². The fraction of sp³-hybridized carbons (Fsp3) is 0.933. The molecular weight excluding hydrogens is 222 g/mol. The van der Waals surface area contributed by atoms with Crippen LogP contribution >= 0.6 is 0 Å². The Morgan fingerprint density at radius 3 is 2.50 bits per heavy atom. The number of aliphatic imine (C=N–C) groups is 1. The quantitative estimate of drug-likeness (QED) is 0.474. The van der Waals surface area contributed by atoms with E-state index in [-0.39, 0.29) is 0 Å². The van der Waals surface area contributed by atoms with Gasteiger partial charge in [-0.1, -0.05) is 32.6 Å². The first kappa shape index (κ1) is 13.7. The Bertz CT molecular complexity index is 261. The van der Waals surface area contributed by atoms with Crippen LogP contribution < -0.4 is 5.73 Å². The lowest BCUT2D eigenvalue weighted by Crippen LogP contribution is -2.42. The molecule has 2 aliphatic rings. The maximum Gasteiger partial charge on any atom is 0.191 e. The van der Waals surface area contributed by atoms with Gasteiger partial charge in [0.2, 0.25) is 0 Å². The van der Waals surface area contributed by atoms with Gasteiger partial charge in [-0.2, -0.15) is 0 Å². The molecule has 3 nitrogen and oxygen atoms in total. The van der Waals surface area contributed by atoms with E-state index >= 15 is 0 Å². The summed E-state index contributed by atoms with van der Waals surface area (Å²) < 4.78 is 0. The van der Waals surface area contributed by atoms with Crippen LogP contribution in [0.15, 0.2) is 4.99 Å². The highest BCUT2D eigenvalue weighted by atomic mass is 15.3. The molecule has 18 heavy (non-hydrogen) atoms. The number of nitrogens with two attached hydrogens (primary N) is 1. The van der Waals surface area contributed by atoms with E-state index in [1.807, 2.05) is 0 Å². The van der Waals surface area contributed by atoms with Gasteiger partial charge in [0.25, 0.3) is 0 Å². The van der Waals surface area contributed by atoms with Gasteiger partial charge in [-0.25, -0.2) is 0 Å². The van der Waals surface area contributed by atoms with Gasteiger partial charge in [0.05, 0.1) is 0 Å². The Morgan fingerprint density at radius 1 is 1.17 bits per heavy atom. The van der Waals surface area contributed by atoms with E-state index in [1.165, 1.54) is 51.4 Å². The highest BCUT2D eigenvalue weighted by Crippen LogP contribution is 2.28. The van der Waals surface area contributed by atoms with Crippen molar-refractivity contribution in [2.45, 2.75) is 58.3 Å². The SMILES string of the molecule is CC1CCN(C(N)=NCCCC2CCCC2)CC1. The van der Waals surface area contributed by atoms with Crippen LogP contribution in [0.25, 0.3) is 0 Å². The lowest BCUT2D eigenvalue weighted by atomic mass is 10.00. The molecule has 0 bridgehead atoms. The smallest absolute Gasteiger partial charge is 0.191 e. The second kappa shape index (κ2) is 7.01. The lowest BCUT2D eigenvalue weighted by Gasteiger charge is -2.31. The van der Waals surface area contributed by atoms with E-state index in [4.69, 9.17) is 5.73 Å². The highest BCUT2D eigenvalue weighted by molar-refractivity contribution is 5.78. The predicted octanol–water partition coefficient (Wildman–Crippen LogP) is 3.00. The molecule has 0 spiro atoms. The third-order valence-corrected chi connectivity index (χ3v) is 4.63. The molecule has 0 radical (unpaired) electrons. The number of hydrogen-bond donors (Lipinski definition) is 1. The van der Waals surface area contributed by atoms with E-state index in [0.717, 1.165) is 37.4 Å². The maximum atomic E-state index is 6.06. The number of hydrogen-bond acceptors (Lipinski definition) is 1.